The van der Waals surface area contributed by atoms with E-state index in [1.165, 1.54) is 47.5 Å². The van der Waals surface area contributed by atoms with E-state index < -0.39 is 0 Å². The molecule has 304 valence electrons. The number of fused-ring (bicyclic) bond motifs is 12. The number of rotatable bonds is 6. The van der Waals surface area contributed by atoms with Crippen molar-refractivity contribution in [2.75, 3.05) is 4.90 Å². The van der Waals surface area contributed by atoms with E-state index in [1.807, 2.05) is 23.5 Å². The molecule has 0 spiro atoms. The molecule has 0 amide bonds. The first-order chi connectivity index (χ1) is 32.2. The van der Waals surface area contributed by atoms with Crippen molar-refractivity contribution < 1.29 is 8.83 Å². The van der Waals surface area contributed by atoms with E-state index in [-0.39, 0.29) is 0 Å². The second kappa shape index (κ2) is 14.1. The Bertz CT molecular complexity index is 4150. The van der Waals surface area contributed by atoms with Crippen LogP contribution < -0.4 is 4.90 Å². The van der Waals surface area contributed by atoms with E-state index in [9.17, 15) is 0 Å². The van der Waals surface area contributed by atoms with Crippen LogP contribution in [0.2, 0.25) is 0 Å². The zero-order valence-corrected chi connectivity index (χ0v) is 35.7. The molecule has 0 aliphatic rings. The summed E-state index contributed by atoms with van der Waals surface area (Å²) in [6, 6.07) is 78.4. The van der Waals surface area contributed by atoms with Crippen LogP contribution in [-0.2, 0) is 0 Å². The molecule has 0 fully saturated rings. The van der Waals surface area contributed by atoms with E-state index in [0.29, 0.717) is 0 Å². The third-order valence-electron chi connectivity index (χ3n) is 13.2. The highest BCUT2D eigenvalue weighted by Gasteiger charge is 2.24. The van der Waals surface area contributed by atoms with Crippen LogP contribution in [0, 0.1) is 0 Å². The summed E-state index contributed by atoms with van der Waals surface area (Å²) < 4.78 is 18.4. The highest BCUT2D eigenvalue weighted by atomic mass is 32.1. The number of nitrogens with zero attached hydrogens (tertiary/aromatic N) is 2. The van der Waals surface area contributed by atoms with Crippen LogP contribution in [0.15, 0.2) is 227 Å². The van der Waals surface area contributed by atoms with Crippen LogP contribution in [0.1, 0.15) is 0 Å². The number of para-hydroxylation sites is 4. The Morgan fingerprint density at radius 2 is 0.985 bits per heavy atom. The minimum Gasteiger partial charge on any atom is -0.456 e. The standard InChI is InChI=1S/C60H36N2O2S/c1-6-19-51-44(14-1)45-15-2-7-20-52(45)62(51)40-27-24-37(25-28-40)43-31-32-53(59-49-18-4-9-22-55(49)64-60(43)59)61(42-29-30-47-46-16-3-8-21-54(46)63-56(47)36-42)41-13-11-12-38(34-41)39-26-33-58-50(35-39)48-17-5-10-23-57(48)65-58/h1-36H. The van der Waals surface area contributed by atoms with Crippen molar-refractivity contribution in [3.05, 3.63) is 218 Å². The van der Waals surface area contributed by atoms with Gasteiger partial charge in [0.2, 0.25) is 0 Å². The van der Waals surface area contributed by atoms with Crippen LogP contribution in [0.4, 0.5) is 17.1 Å². The molecule has 65 heavy (non-hydrogen) atoms. The predicted molar refractivity (Wildman–Crippen MR) is 274 cm³/mol. The molecular formula is C60H36N2O2S. The van der Waals surface area contributed by atoms with Gasteiger partial charge < -0.3 is 18.3 Å². The number of anilines is 3. The van der Waals surface area contributed by atoms with E-state index in [1.54, 1.807) is 0 Å². The molecule has 10 aromatic carbocycles. The number of aromatic nitrogens is 1. The largest absolute Gasteiger partial charge is 0.456 e. The van der Waals surface area contributed by atoms with Gasteiger partial charge in [0.15, 0.2) is 0 Å². The van der Waals surface area contributed by atoms with Gasteiger partial charge in [-0.15, -0.1) is 11.3 Å². The molecule has 0 radical (unpaired) electrons. The summed E-state index contributed by atoms with van der Waals surface area (Å²) in [6.45, 7) is 0. The quantitative estimate of drug-likeness (QED) is 0.167. The van der Waals surface area contributed by atoms with E-state index in [2.05, 4.69) is 216 Å². The van der Waals surface area contributed by atoms with Gasteiger partial charge in [-0.1, -0.05) is 121 Å². The first-order valence-corrected chi connectivity index (χ1v) is 22.8. The lowest BCUT2D eigenvalue weighted by Gasteiger charge is -2.27. The van der Waals surface area contributed by atoms with Crippen LogP contribution in [0.5, 0.6) is 0 Å². The molecule has 0 unspecified atom stereocenters. The number of furan rings is 2. The van der Waals surface area contributed by atoms with Gasteiger partial charge in [-0.05, 0) is 108 Å². The molecule has 0 N–H and O–H groups in total. The average molecular weight is 849 g/mol. The van der Waals surface area contributed by atoms with Gasteiger partial charge in [0.1, 0.15) is 22.3 Å². The summed E-state index contributed by atoms with van der Waals surface area (Å²) in [5.74, 6) is 0. The van der Waals surface area contributed by atoms with E-state index in [4.69, 9.17) is 8.83 Å². The molecule has 4 nitrogen and oxygen atoms in total. The lowest BCUT2D eigenvalue weighted by atomic mass is 9.98. The SMILES string of the molecule is c1cc(-c2ccc3sc4ccccc4c3c2)cc(N(c2ccc3c(c2)oc2ccccc23)c2ccc(-c3ccc(-n4c5ccccc5c5ccccc54)cc3)c3oc4ccccc4c23)c1. The first-order valence-electron chi connectivity index (χ1n) is 22.0. The van der Waals surface area contributed by atoms with Gasteiger partial charge in [0, 0.05) is 75.8 Å². The lowest BCUT2D eigenvalue weighted by molar-refractivity contribution is 0.669. The minimum atomic E-state index is 0.841. The highest BCUT2D eigenvalue weighted by molar-refractivity contribution is 7.25. The Morgan fingerprint density at radius 1 is 0.369 bits per heavy atom. The maximum absolute atomic E-state index is 6.94. The van der Waals surface area contributed by atoms with Crippen molar-refractivity contribution in [1.29, 1.82) is 0 Å². The number of thiophene rings is 1. The van der Waals surface area contributed by atoms with Gasteiger partial charge in [-0.2, -0.15) is 0 Å². The second-order valence-corrected chi connectivity index (χ2v) is 17.9. The molecule has 14 aromatic rings. The fraction of sp³-hybridized carbons (Fsp3) is 0. The van der Waals surface area contributed by atoms with Gasteiger partial charge in [0.25, 0.3) is 0 Å². The summed E-state index contributed by atoms with van der Waals surface area (Å²) in [5, 5.41) is 9.38. The third kappa shape index (κ3) is 5.56. The first kappa shape index (κ1) is 36.1. The Balaban J connectivity index is 0.961. The average Bonchev–Trinajstić information content (AvgIpc) is 4.13. The smallest absolute Gasteiger partial charge is 0.145 e. The van der Waals surface area contributed by atoms with Gasteiger partial charge in [-0.3, -0.25) is 0 Å². The molecule has 4 aromatic heterocycles. The van der Waals surface area contributed by atoms with Crippen molar-refractivity contribution in [3.63, 3.8) is 0 Å². The number of benzene rings is 10. The molecule has 0 aliphatic heterocycles. The zero-order chi connectivity index (χ0) is 42.6. The van der Waals surface area contributed by atoms with Crippen LogP contribution in [0.25, 0.3) is 114 Å². The molecule has 5 heteroatoms. The molecular weight excluding hydrogens is 813 g/mol. The second-order valence-electron chi connectivity index (χ2n) is 16.8. The summed E-state index contributed by atoms with van der Waals surface area (Å²) in [5.41, 5.74) is 14.4. The minimum absolute atomic E-state index is 0.841. The number of hydrogen-bond acceptors (Lipinski definition) is 4. The lowest BCUT2D eigenvalue weighted by Crippen LogP contribution is -2.10. The summed E-state index contributed by atoms with van der Waals surface area (Å²) in [4.78, 5) is 2.37. The Morgan fingerprint density at radius 3 is 1.78 bits per heavy atom. The number of hydrogen-bond donors (Lipinski definition) is 0. The molecule has 0 aliphatic carbocycles. The maximum atomic E-state index is 6.94. The van der Waals surface area contributed by atoms with Gasteiger partial charge in [-0.25, -0.2) is 0 Å². The van der Waals surface area contributed by atoms with Crippen LogP contribution >= 0.6 is 11.3 Å². The fourth-order valence-electron chi connectivity index (χ4n) is 10.2. The molecule has 0 bridgehead atoms. The monoisotopic (exact) mass is 848 g/mol. The van der Waals surface area contributed by atoms with Crippen LogP contribution in [-0.4, -0.2) is 4.57 Å². The van der Waals surface area contributed by atoms with Gasteiger partial charge in [0.05, 0.1) is 22.1 Å². The molecule has 14 rings (SSSR count). The Labute approximate surface area is 377 Å². The van der Waals surface area contributed by atoms with Crippen molar-refractivity contribution in [2.24, 2.45) is 0 Å². The molecule has 0 saturated heterocycles. The topological polar surface area (TPSA) is 34.5 Å². The van der Waals surface area contributed by atoms with Crippen molar-refractivity contribution >= 4 is 114 Å². The fourth-order valence-corrected chi connectivity index (χ4v) is 11.3. The highest BCUT2D eigenvalue weighted by Crippen LogP contribution is 2.48. The maximum Gasteiger partial charge on any atom is 0.145 e. The normalized spacial score (nSPS) is 12.0. The van der Waals surface area contributed by atoms with Crippen molar-refractivity contribution in [3.8, 4) is 27.9 Å². The Hall–Kier alpha value is -8.38. The van der Waals surface area contributed by atoms with Gasteiger partial charge >= 0.3 is 0 Å². The van der Waals surface area contributed by atoms with Crippen LogP contribution in [0.3, 0.4) is 0 Å². The molecule has 0 saturated carbocycles. The molecule has 0 atom stereocenters. The Kier molecular flexibility index (Phi) is 7.82. The zero-order valence-electron chi connectivity index (χ0n) is 34.9. The summed E-state index contributed by atoms with van der Waals surface area (Å²) >= 11 is 1.85. The van der Waals surface area contributed by atoms with E-state index >= 15 is 0 Å². The third-order valence-corrected chi connectivity index (χ3v) is 14.3. The summed E-state index contributed by atoms with van der Waals surface area (Å²) in [7, 11) is 0. The van der Waals surface area contributed by atoms with E-state index in [0.717, 1.165) is 83.3 Å². The van der Waals surface area contributed by atoms with Crippen molar-refractivity contribution in [2.45, 2.75) is 0 Å². The van der Waals surface area contributed by atoms with Crippen molar-refractivity contribution in [1.82, 2.24) is 4.57 Å². The summed E-state index contributed by atoms with van der Waals surface area (Å²) in [6.07, 6.45) is 0. The predicted octanol–water partition coefficient (Wildman–Crippen LogP) is 17.8. The molecule has 4 heterocycles.